The quantitative estimate of drug-likeness (QED) is 0.356. The molecular formula is C22H18ClN3O3S2. The van der Waals surface area contributed by atoms with Crippen molar-refractivity contribution in [2.75, 3.05) is 12.4 Å². The van der Waals surface area contributed by atoms with E-state index in [2.05, 4.69) is 15.3 Å². The Morgan fingerprint density at radius 2 is 2.10 bits per heavy atom. The molecule has 6 nitrogen and oxygen atoms in total. The zero-order chi connectivity index (χ0) is 22.0. The summed E-state index contributed by atoms with van der Waals surface area (Å²) in [5.74, 6) is -0.0878. The van der Waals surface area contributed by atoms with Crippen LogP contribution >= 0.6 is 34.3 Å². The van der Waals surface area contributed by atoms with Crippen LogP contribution in [0.3, 0.4) is 0 Å². The van der Waals surface area contributed by atoms with Gasteiger partial charge < -0.3 is 10.1 Å². The number of rotatable bonds is 7. The van der Waals surface area contributed by atoms with Crippen LogP contribution in [0.4, 0.5) is 5.69 Å². The Morgan fingerprint density at radius 3 is 2.81 bits per heavy atom. The van der Waals surface area contributed by atoms with Gasteiger partial charge in [0.2, 0.25) is 5.91 Å². The normalized spacial score (nSPS) is 12.0. The fourth-order valence-corrected chi connectivity index (χ4v) is 4.88. The molecule has 1 unspecified atom stereocenters. The number of anilines is 1. The molecule has 0 aliphatic rings. The van der Waals surface area contributed by atoms with E-state index in [1.165, 1.54) is 22.7 Å². The molecular weight excluding hydrogens is 454 g/mol. The number of hydrogen-bond donors (Lipinski definition) is 1. The van der Waals surface area contributed by atoms with Crippen LogP contribution in [0.5, 0.6) is 5.75 Å². The molecule has 0 bridgehead atoms. The molecule has 0 aliphatic carbocycles. The molecule has 1 amide bonds. The van der Waals surface area contributed by atoms with Crippen molar-refractivity contribution in [3.8, 4) is 5.75 Å². The number of halogens is 1. The number of thiazole rings is 2. The van der Waals surface area contributed by atoms with Gasteiger partial charge in [-0.3, -0.25) is 9.59 Å². The molecule has 9 heteroatoms. The van der Waals surface area contributed by atoms with E-state index >= 15 is 0 Å². The standard InChI is InChI=1S/C22H18ClN3O3S2/c1-12(13-4-3-5-14(23)6-13)22(28)25-15-7-18(29-2)21-19(8-15)31-20(26-21)9-17(27)16-10-30-11-24-16/h3-8,10-12H,9H2,1-2H3,(H,25,28). The van der Waals surface area contributed by atoms with Gasteiger partial charge >= 0.3 is 0 Å². The first-order chi connectivity index (χ1) is 14.9. The molecule has 2 heterocycles. The summed E-state index contributed by atoms with van der Waals surface area (Å²) in [6.45, 7) is 1.83. The van der Waals surface area contributed by atoms with Crippen molar-refractivity contribution in [3.63, 3.8) is 0 Å². The number of carbonyl (C=O) groups is 2. The number of nitrogens with zero attached hydrogens (tertiary/aromatic N) is 2. The zero-order valence-electron chi connectivity index (χ0n) is 16.7. The number of aromatic nitrogens is 2. The lowest BCUT2D eigenvalue weighted by atomic mass is 10.0. The van der Waals surface area contributed by atoms with E-state index in [1.54, 1.807) is 36.2 Å². The molecule has 0 saturated heterocycles. The third-order valence-electron chi connectivity index (χ3n) is 4.76. The van der Waals surface area contributed by atoms with Gasteiger partial charge in [-0.2, -0.15) is 0 Å². The molecule has 2 aromatic heterocycles. The van der Waals surface area contributed by atoms with Crippen LogP contribution in [0.15, 0.2) is 47.3 Å². The minimum Gasteiger partial charge on any atom is -0.494 e. The van der Waals surface area contributed by atoms with E-state index in [9.17, 15) is 9.59 Å². The lowest BCUT2D eigenvalue weighted by Crippen LogP contribution is -2.18. The van der Waals surface area contributed by atoms with Gasteiger partial charge in [0.15, 0.2) is 5.78 Å². The van der Waals surface area contributed by atoms with Crippen LogP contribution in [0, 0.1) is 0 Å². The minimum absolute atomic E-state index is 0.0804. The molecule has 0 aliphatic heterocycles. The molecule has 4 rings (SSSR count). The summed E-state index contributed by atoms with van der Waals surface area (Å²) in [5.41, 5.74) is 4.17. The molecule has 0 saturated carbocycles. The Labute approximate surface area is 191 Å². The number of ether oxygens (including phenoxy) is 1. The van der Waals surface area contributed by atoms with Crippen molar-refractivity contribution >= 4 is 61.9 Å². The maximum Gasteiger partial charge on any atom is 0.231 e. The van der Waals surface area contributed by atoms with Gasteiger partial charge in [0, 0.05) is 22.2 Å². The third-order valence-corrected chi connectivity index (χ3v) is 6.59. The first-order valence-electron chi connectivity index (χ1n) is 9.39. The molecule has 1 atom stereocenters. The summed E-state index contributed by atoms with van der Waals surface area (Å²) >= 11 is 8.83. The number of hydrogen-bond acceptors (Lipinski definition) is 7. The van der Waals surface area contributed by atoms with E-state index in [-0.39, 0.29) is 24.0 Å². The number of amides is 1. The lowest BCUT2D eigenvalue weighted by Gasteiger charge is -2.13. The molecule has 158 valence electrons. The highest BCUT2D eigenvalue weighted by Gasteiger charge is 2.19. The first kappa shape index (κ1) is 21.4. The van der Waals surface area contributed by atoms with E-state index in [0.29, 0.717) is 32.7 Å². The smallest absolute Gasteiger partial charge is 0.231 e. The van der Waals surface area contributed by atoms with Crippen LogP contribution in [0.1, 0.15) is 33.9 Å². The summed E-state index contributed by atoms with van der Waals surface area (Å²) in [4.78, 5) is 33.8. The highest BCUT2D eigenvalue weighted by Crippen LogP contribution is 2.34. The number of Topliss-reactive ketones (excluding diaryl/α,β-unsaturated/α-hetero) is 1. The number of methoxy groups -OCH3 is 1. The van der Waals surface area contributed by atoms with Crippen molar-refractivity contribution in [1.82, 2.24) is 9.97 Å². The average molecular weight is 472 g/mol. The van der Waals surface area contributed by atoms with Gasteiger partial charge in [-0.05, 0) is 30.7 Å². The number of fused-ring (bicyclic) bond motifs is 1. The molecule has 4 aromatic rings. The molecule has 0 spiro atoms. The van der Waals surface area contributed by atoms with Crippen LogP contribution in [-0.2, 0) is 11.2 Å². The van der Waals surface area contributed by atoms with E-state index in [4.69, 9.17) is 16.3 Å². The number of nitrogens with one attached hydrogen (secondary N) is 1. The van der Waals surface area contributed by atoms with Crippen LogP contribution in [0.25, 0.3) is 10.2 Å². The predicted octanol–water partition coefficient (Wildman–Crippen LogP) is 5.58. The van der Waals surface area contributed by atoms with Crippen molar-refractivity contribution in [2.24, 2.45) is 0 Å². The fourth-order valence-electron chi connectivity index (χ4n) is 3.10. The Morgan fingerprint density at radius 1 is 1.26 bits per heavy atom. The second kappa shape index (κ2) is 9.13. The summed E-state index contributed by atoms with van der Waals surface area (Å²) in [6, 6.07) is 10.8. The van der Waals surface area contributed by atoms with E-state index < -0.39 is 0 Å². The van der Waals surface area contributed by atoms with Crippen molar-refractivity contribution in [2.45, 2.75) is 19.3 Å². The highest BCUT2D eigenvalue weighted by molar-refractivity contribution is 7.18. The van der Waals surface area contributed by atoms with Gasteiger partial charge in [0.05, 0.1) is 29.7 Å². The van der Waals surface area contributed by atoms with Gasteiger partial charge in [-0.1, -0.05) is 23.7 Å². The first-order valence-corrected chi connectivity index (χ1v) is 11.5. The monoisotopic (exact) mass is 471 g/mol. The van der Waals surface area contributed by atoms with Gasteiger partial charge in [0.1, 0.15) is 22.0 Å². The largest absolute Gasteiger partial charge is 0.494 e. The Kier molecular flexibility index (Phi) is 6.31. The molecule has 31 heavy (non-hydrogen) atoms. The Bertz CT molecular complexity index is 1250. The van der Waals surface area contributed by atoms with Crippen molar-refractivity contribution in [1.29, 1.82) is 0 Å². The minimum atomic E-state index is -0.381. The van der Waals surface area contributed by atoms with E-state index in [0.717, 1.165) is 10.3 Å². The molecule has 2 aromatic carbocycles. The summed E-state index contributed by atoms with van der Waals surface area (Å²) < 4.78 is 6.31. The molecule has 0 radical (unpaired) electrons. The molecule has 0 fully saturated rings. The number of benzene rings is 2. The van der Waals surface area contributed by atoms with Crippen molar-refractivity contribution < 1.29 is 14.3 Å². The lowest BCUT2D eigenvalue weighted by molar-refractivity contribution is -0.117. The van der Waals surface area contributed by atoms with Crippen LogP contribution in [-0.4, -0.2) is 28.8 Å². The van der Waals surface area contributed by atoms with E-state index in [1.807, 2.05) is 25.1 Å². The van der Waals surface area contributed by atoms with Gasteiger partial charge in [-0.25, -0.2) is 9.97 Å². The second-order valence-corrected chi connectivity index (χ2v) is 9.14. The van der Waals surface area contributed by atoms with Crippen LogP contribution in [0.2, 0.25) is 5.02 Å². The Balaban J connectivity index is 1.57. The summed E-state index contributed by atoms with van der Waals surface area (Å²) in [5, 5.41) is 5.92. The van der Waals surface area contributed by atoms with Gasteiger partial charge in [0.25, 0.3) is 0 Å². The Hall–Kier alpha value is -2.81. The highest BCUT2D eigenvalue weighted by atomic mass is 35.5. The SMILES string of the molecule is COc1cc(NC(=O)C(C)c2cccc(Cl)c2)cc2sc(CC(=O)c3cscn3)nc12. The fraction of sp³-hybridized carbons (Fsp3) is 0.182. The average Bonchev–Trinajstić information content (AvgIpc) is 3.42. The maximum atomic E-state index is 12.8. The third kappa shape index (κ3) is 4.76. The number of carbonyl (C=O) groups excluding carboxylic acids is 2. The van der Waals surface area contributed by atoms with Crippen molar-refractivity contribution in [3.05, 3.63) is 68.6 Å². The maximum absolute atomic E-state index is 12.8. The summed E-state index contributed by atoms with van der Waals surface area (Å²) in [6.07, 6.45) is 0.166. The predicted molar refractivity (Wildman–Crippen MR) is 125 cm³/mol. The van der Waals surface area contributed by atoms with Gasteiger partial charge in [-0.15, -0.1) is 22.7 Å². The molecule has 1 N–H and O–H groups in total. The zero-order valence-corrected chi connectivity index (χ0v) is 19.1. The topological polar surface area (TPSA) is 81.2 Å². The second-order valence-electron chi connectivity index (χ2n) is 6.87. The number of ketones is 1. The summed E-state index contributed by atoms with van der Waals surface area (Å²) in [7, 11) is 1.55. The van der Waals surface area contributed by atoms with Crippen LogP contribution < -0.4 is 10.1 Å².